The van der Waals surface area contributed by atoms with E-state index < -0.39 is 27.3 Å². The molecular formula is C19H16F3N3O3S. The van der Waals surface area contributed by atoms with E-state index in [0.29, 0.717) is 17.8 Å². The molecule has 3 rings (SSSR count). The van der Waals surface area contributed by atoms with Crippen LogP contribution in [0.4, 0.5) is 13.2 Å². The van der Waals surface area contributed by atoms with Crippen LogP contribution in [-0.4, -0.2) is 24.7 Å². The molecule has 0 aliphatic heterocycles. The monoisotopic (exact) mass is 423 g/mol. The van der Waals surface area contributed by atoms with Gasteiger partial charge < -0.3 is 0 Å². The lowest BCUT2D eigenvalue weighted by Gasteiger charge is -2.10. The number of benzene rings is 2. The molecule has 1 aromatic heterocycles. The molecule has 1 N–H and O–H groups in total. The fourth-order valence-electron chi connectivity index (χ4n) is 2.56. The van der Waals surface area contributed by atoms with Crippen LogP contribution in [0.15, 0.2) is 76.4 Å². The van der Waals surface area contributed by atoms with Gasteiger partial charge in [-0.05, 0) is 30.3 Å². The minimum Gasteiger partial charge on any atom is -0.268 e. The first-order valence-electron chi connectivity index (χ1n) is 8.47. The molecule has 0 bridgehead atoms. The van der Waals surface area contributed by atoms with E-state index >= 15 is 0 Å². The van der Waals surface area contributed by atoms with Gasteiger partial charge in [-0.15, -0.1) is 0 Å². The van der Waals surface area contributed by atoms with Crippen molar-refractivity contribution in [3.63, 3.8) is 0 Å². The predicted molar refractivity (Wildman–Crippen MR) is 101 cm³/mol. The third kappa shape index (κ3) is 5.09. The molecule has 0 aliphatic rings. The van der Waals surface area contributed by atoms with Crippen molar-refractivity contribution in [2.75, 3.05) is 6.54 Å². The van der Waals surface area contributed by atoms with Crippen LogP contribution in [0, 0.1) is 0 Å². The Morgan fingerprint density at radius 2 is 1.59 bits per heavy atom. The lowest BCUT2D eigenvalue weighted by molar-refractivity contribution is -0.137. The molecule has 10 heteroatoms. The second-order valence-electron chi connectivity index (χ2n) is 6.07. The number of nitrogens with zero attached hydrogens (tertiary/aromatic N) is 2. The number of aromatic nitrogens is 2. The average Bonchev–Trinajstić information content (AvgIpc) is 2.69. The van der Waals surface area contributed by atoms with Crippen molar-refractivity contribution >= 4 is 10.0 Å². The lowest BCUT2D eigenvalue weighted by atomic mass is 10.1. The largest absolute Gasteiger partial charge is 0.416 e. The zero-order valence-electron chi connectivity index (χ0n) is 14.9. The minimum absolute atomic E-state index is 0.0423. The van der Waals surface area contributed by atoms with E-state index in [-0.39, 0.29) is 18.0 Å². The molecule has 2 aromatic carbocycles. The summed E-state index contributed by atoms with van der Waals surface area (Å²) >= 11 is 0. The Kier molecular flexibility index (Phi) is 5.85. The predicted octanol–water partition coefficient (Wildman–Crippen LogP) is 2.91. The lowest BCUT2D eigenvalue weighted by Crippen LogP contribution is -2.32. The maximum absolute atomic E-state index is 12.6. The van der Waals surface area contributed by atoms with E-state index in [4.69, 9.17) is 0 Å². The standard InChI is InChI=1S/C19H16F3N3O3S/c20-19(21,22)15-6-8-16(9-7-15)29(27,28)23-12-13-25-18(26)11-10-17(24-25)14-4-2-1-3-5-14/h1-11,23H,12-13H2. The summed E-state index contributed by atoms with van der Waals surface area (Å²) in [6.45, 7) is -0.201. The summed E-state index contributed by atoms with van der Waals surface area (Å²) in [5.41, 5.74) is 0.00530. The van der Waals surface area contributed by atoms with E-state index in [1.165, 1.54) is 6.07 Å². The van der Waals surface area contributed by atoms with Crippen LogP contribution in [-0.2, 0) is 22.7 Å². The topological polar surface area (TPSA) is 81.1 Å². The average molecular weight is 423 g/mol. The van der Waals surface area contributed by atoms with Gasteiger partial charge in [-0.25, -0.2) is 17.8 Å². The van der Waals surface area contributed by atoms with Gasteiger partial charge in [0.25, 0.3) is 5.56 Å². The summed E-state index contributed by atoms with van der Waals surface area (Å²) in [5.74, 6) is 0. The molecule has 0 amide bonds. The maximum atomic E-state index is 12.6. The quantitative estimate of drug-likeness (QED) is 0.661. The molecule has 1 heterocycles. The summed E-state index contributed by atoms with van der Waals surface area (Å²) in [4.78, 5) is 11.7. The third-order valence-corrected chi connectivity index (χ3v) is 5.52. The van der Waals surface area contributed by atoms with Gasteiger partial charge in [-0.2, -0.15) is 18.3 Å². The van der Waals surface area contributed by atoms with Crippen LogP contribution < -0.4 is 10.3 Å². The molecule has 0 saturated heterocycles. The summed E-state index contributed by atoms with van der Waals surface area (Å²) in [5, 5.41) is 4.22. The van der Waals surface area contributed by atoms with E-state index in [1.807, 2.05) is 30.3 Å². The van der Waals surface area contributed by atoms with Crippen LogP contribution in [0.1, 0.15) is 5.56 Å². The summed E-state index contributed by atoms with van der Waals surface area (Å²) in [6.07, 6.45) is -4.55. The number of nitrogens with one attached hydrogen (secondary N) is 1. The van der Waals surface area contributed by atoms with Gasteiger partial charge in [-0.1, -0.05) is 30.3 Å². The summed E-state index contributed by atoms with van der Waals surface area (Å²) in [7, 11) is -4.03. The molecule has 0 unspecified atom stereocenters. The molecule has 0 radical (unpaired) electrons. The van der Waals surface area contributed by atoms with Gasteiger partial charge >= 0.3 is 6.18 Å². The molecule has 29 heavy (non-hydrogen) atoms. The molecule has 6 nitrogen and oxygen atoms in total. The van der Waals surface area contributed by atoms with Crippen molar-refractivity contribution < 1.29 is 21.6 Å². The smallest absolute Gasteiger partial charge is 0.268 e. The zero-order chi connectivity index (χ0) is 21.1. The van der Waals surface area contributed by atoms with E-state index in [1.54, 1.807) is 6.07 Å². The molecule has 0 fully saturated rings. The molecule has 3 aromatic rings. The minimum atomic E-state index is -4.55. The van der Waals surface area contributed by atoms with Crippen LogP contribution >= 0.6 is 0 Å². The Balaban J connectivity index is 1.70. The number of rotatable bonds is 6. The van der Waals surface area contributed by atoms with E-state index in [9.17, 15) is 26.4 Å². The van der Waals surface area contributed by atoms with Crippen LogP contribution in [0.3, 0.4) is 0 Å². The molecule has 152 valence electrons. The Bertz CT molecular complexity index is 1140. The van der Waals surface area contributed by atoms with Crippen molar-refractivity contribution in [1.29, 1.82) is 0 Å². The summed E-state index contributed by atoms with van der Waals surface area (Å²) in [6, 6.07) is 15.2. The van der Waals surface area contributed by atoms with Crippen LogP contribution in [0.2, 0.25) is 0 Å². The van der Waals surface area contributed by atoms with Gasteiger partial charge in [0, 0.05) is 18.2 Å². The fourth-order valence-corrected chi connectivity index (χ4v) is 3.59. The summed E-state index contributed by atoms with van der Waals surface area (Å²) < 4.78 is 65.7. The highest BCUT2D eigenvalue weighted by atomic mass is 32.2. The van der Waals surface area contributed by atoms with Gasteiger partial charge in [0.05, 0.1) is 22.7 Å². The SMILES string of the molecule is O=c1ccc(-c2ccccc2)nn1CCNS(=O)(=O)c1ccc(C(F)(F)F)cc1. The van der Waals surface area contributed by atoms with Gasteiger partial charge in [0.15, 0.2) is 0 Å². The maximum Gasteiger partial charge on any atom is 0.416 e. The van der Waals surface area contributed by atoms with Crippen molar-refractivity contribution in [3.05, 3.63) is 82.6 Å². The third-order valence-electron chi connectivity index (χ3n) is 4.04. The highest BCUT2D eigenvalue weighted by Gasteiger charge is 2.30. The second kappa shape index (κ2) is 8.18. The molecule has 0 saturated carbocycles. The van der Waals surface area contributed by atoms with Crippen molar-refractivity contribution in [1.82, 2.24) is 14.5 Å². The van der Waals surface area contributed by atoms with Gasteiger partial charge in [-0.3, -0.25) is 4.79 Å². The second-order valence-corrected chi connectivity index (χ2v) is 7.83. The van der Waals surface area contributed by atoms with E-state index in [0.717, 1.165) is 22.4 Å². The van der Waals surface area contributed by atoms with Gasteiger partial charge in [0.1, 0.15) is 0 Å². The highest BCUT2D eigenvalue weighted by Crippen LogP contribution is 2.29. The Morgan fingerprint density at radius 1 is 0.931 bits per heavy atom. The number of sulfonamides is 1. The number of hydrogen-bond donors (Lipinski definition) is 1. The normalized spacial score (nSPS) is 12.1. The molecular weight excluding hydrogens is 407 g/mol. The van der Waals surface area contributed by atoms with Crippen molar-refractivity contribution in [2.24, 2.45) is 0 Å². The molecule has 0 aliphatic carbocycles. The number of hydrogen-bond acceptors (Lipinski definition) is 4. The first-order valence-corrected chi connectivity index (χ1v) is 9.96. The Hall–Kier alpha value is -2.98. The first-order chi connectivity index (χ1) is 13.7. The number of alkyl halides is 3. The molecule has 0 spiro atoms. The Labute approximate surface area is 164 Å². The Morgan fingerprint density at radius 3 is 2.21 bits per heavy atom. The molecule has 0 atom stereocenters. The van der Waals surface area contributed by atoms with Crippen molar-refractivity contribution in [2.45, 2.75) is 17.6 Å². The zero-order valence-corrected chi connectivity index (χ0v) is 15.7. The van der Waals surface area contributed by atoms with Crippen LogP contribution in [0.5, 0.6) is 0 Å². The first kappa shape index (κ1) is 20.7. The van der Waals surface area contributed by atoms with Crippen molar-refractivity contribution in [3.8, 4) is 11.3 Å². The highest BCUT2D eigenvalue weighted by molar-refractivity contribution is 7.89. The fraction of sp³-hybridized carbons (Fsp3) is 0.158. The van der Waals surface area contributed by atoms with E-state index in [2.05, 4.69) is 9.82 Å². The number of halogens is 3. The van der Waals surface area contributed by atoms with Gasteiger partial charge in [0.2, 0.25) is 10.0 Å². The van der Waals surface area contributed by atoms with Crippen LogP contribution in [0.25, 0.3) is 11.3 Å².